The van der Waals surface area contributed by atoms with Gasteiger partial charge < -0.3 is 9.84 Å². The lowest BCUT2D eigenvalue weighted by molar-refractivity contribution is 0.102. The highest BCUT2D eigenvalue weighted by Gasteiger charge is 2.17. The van der Waals surface area contributed by atoms with Gasteiger partial charge >= 0.3 is 0 Å². The molecule has 1 amide bonds. The SMILES string of the molecule is Cc1noc(-c2ccc(C(=O)Nc3cccc(C4SCCCS4)c3)cc2)n1. The van der Waals surface area contributed by atoms with Crippen LogP contribution in [-0.4, -0.2) is 27.6 Å². The van der Waals surface area contributed by atoms with Crippen molar-refractivity contribution in [3.05, 3.63) is 65.5 Å². The lowest BCUT2D eigenvalue weighted by Crippen LogP contribution is -2.12. The first-order valence-electron chi connectivity index (χ1n) is 8.74. The Labute approximate surface area is 166 Å². The van der Waals surface area contributed by atoms with Crippen molar-refractivity contribution in [3.8, 4) is 11.5 Å². The molecule has 1 aliphatic rings. The molecule has 0 spiro atoms. The fourth-order valence-corrected chi connectivity index (χ4v) is 5.70. The number of nitrogens with zero attached hydrogens (tertiary/aromatic N) is 2. The van der Waals surface area contributed by atoms with E-state index in [0.717, 1.165) is 11.3 Å². The third-order valence-electron chi connectivity index (χ3n) is 4.17. The quantitative estimate of drug-likeness (QED) is 0.655. The Morgan fingerprint density at radius 3 is 2.63 bits per heavy atom. The van der Waals surface area contributed by atoms with Gasteiger partial charge in [-0.25, -0.2) is 0 Å². The van der Waals surface area contributed by atoms with Gasteiger partial charge in [0.25, 0.3) is 11.8 Å². The normalized spacial score (nSPS) is 14.9. The first-order chi connectivity index (χ1) is 13.2. The second-order valence-corrected chi connectivity index (χ2v) is 8.96. The summed E-state index contributed by atoms with van der Waals surface area (Å²) in [6, 6.07) is 15.3. The summed E-state index contributed by atoms with van der Waals surface area (Å²) in [5, 5.41) is 6.78. The van der Waals surface area contributed by atoms with E-state index < -0.39 is 0 Å². The number of carbonyl (C=O) groups is 1. The van der Waals surface area contributed by atoms with E-state index >= 15 is 0 Å². The number of aromatic nitrogens is 2. The molecule has 0 saturated carbocycles. The molecule has 1 saturated heterocycles. The maximum Gasteiger partial charge on any atom is 0.257 e. The van der Waals surface area contributed by atoms with Crippen molar-refractivity contribution in [2.24, 2.45) is 0 Å². The summed E-state index contributed by atoms with van der Waals surface area (Å²) in [6.45, 7) is 1.77. The maximum absolute atomic E-state index is 12.6. The first-order valence-corrected chi connectivity index (χ1v) is 10.8. The van der Waals surface area contributed by atoms with E-state index in [1.165, 1.54) is 23.5 Å². The lowest BCUT2D eigenvalue weighted by atomic mass is 10.1. The van der Waals surface area contributed by atoms with E-state index in [0.29, 0.717) is 21.9 Å². The van der Waals surface area contributed by atoms with Crippen LogP contribution in [0.5, 0.6) is 0 Å². The minimum absolute atomic E-state index is 0.135. The van der Waals surface area contributed by atoms with E-state index in [1.807, 2.05) is 47.8 Å². The summed E-state index contributed by atoms with van der Waals surface area (Å²) in [4.78, 5) is 16.8. The number of nitrogens with one attached hydrogen (secondary N) is 1. The molecule has 2 heterocycles. The molecule has 1 aliphatic heterocycles. The molecule has 0 radical (unpaired) electrons. The van der Waals surface area contributed by atoms with Crippen LogP contribution in [0.25, 0.3) is 11.5 Å². The Morgan fingerprint density at radius 2 is 1.93 bits per heavy atom. The Bertz CT molecular complexity index is 934. The van der Waals surface area contributed by atoms with Crippen molar-refractivity contribution in [2.75, 3.05) is 16.8 Å². The van der Waals surface area contributed by atoms with Gasteiger partial charge in [-0.15, -0.1) is 23.5 Å². The van der Waals surface area contributed by atoms with Crippen LogP contribution in [0.3, 0.4) is 0 Å². The minimum Gasteiger partial charge on any atom is -0.334 e. The van der Waals surface area contributed by atoms with Crippen molar-refractivity contribution < 1.29 is 9.32 Å². The molecule has 1 fully saturated rings. The lowest BCUT2D eigenvalue weighted by Gasteiger charge is -2.21. The predicted molar refractivity (Wildman–Crippen MR) is 111 cm³/mol. The molecule has 5 nitrogen and oxygen atoms in total. The number of hydrogen-bond acceptors (Lipinski definition) is 6. The minimum atomic E-state index is -0.135. The molecule has 0 bridgehead atoms. The predicted octanol–water partition coefficient (Wildman–Crippen LogP) is 5.17. The molecule has 0 unspecified atom stereocenters. The van der Waals surface area contributed by atoms with Gasteiger partial charge in [0, 0.05) is 16.8 Å². The molecule has 27 heavy (non-hydrogen) atoms. The van der Waals surface area contributed by atoms with E-state index in [1.54, 1.807) is 19.1 Å². The Hall–Kier alpha value is -2.25. The van der Waals surface area contributed by atoms with Crippen LogP contribution >= 0.6 is 23.5 Å². The largest absolute Gasteiger partial charge is 0.334 e. The highest BCUT2D eigenvalue weighted by atomic mass is 32.2. The van der Waals surface area contributed by atoms with Gasteiger partial charge in [0.05, 0.1) is 4.58 Å². The van der Waals surface area contributed by atoms with Gasteiger partial charge in [-0.1, -0.05) is 17.3 Å². The second kappa shape index (κ2) is 8.19. The highest BCUT2D eigenvalue weighted by Crippen LogP contribution is 2.44. The van der Waals surface area contributed by atoms with Gasteiger partial charge in [-0.2, -0.15) is 4.98 Å². The van der Waals surface area contributed by atoms with Crippen molar-refractivity contribution in [3.63, 3.8) is 0 Å². The van der Waals surface area contributed by atoms with Crippen molar-refractivity contribution in [1.29, 1.82) is 0 Å². The third kappa shape index (κ3) is 4.36. The topological polar surface area (TPSA) is 68.0 Å². The fraction of sp³-hybridized carbons (Fsp3) is 0.250. The van der Waals surface area contributed by atoms with Crippen molar-refractivity contribution in [1.82, 2.24) is 10.1 Å². The van der Waals surface area contributed by atoms with Gasteiger partial charge in [-0.3, -0.25) is 4.79 Å². The van der Waals surface area contributed by atoms with Crippen molar-refractivity contribution >= 4 is 35.1 Å². The Kier molecular flexibility index (Phi) is 5.50. The molecule has 0 atom stereocenters. The van der Waals surface area contributed by atoms with Crippen LogP contribution in [-0.2, 0) is 0 Å². The molecule has 1 aromatic heterocycles. The van der Waals surface area contributed by atoms with E-state index in [4.69, 9.17) is 4.52 Å². The average molecular weight is 398 g/mol. The van der Waals surface area contributed by atoms with Crippen molar-refractivity contribution in [2.45, 2.75) is 17.9 Å². The zero-order valence-electron chi connectivity index (χ0n) is 14.8. The molecule has 4 rings (SSSR count). The van der Waals surface area contributed by atoms with Crippen LogP contribution in [0.4, 0.5) is 5.69 Å². The molecule has 2 aromatic carbocycles. The fourth-order valence-electron chi connectivity index (χ4n) is 2.83. The van der Waals surface area contributed by atoms with Gasteiger partial charge in [0.2, 0.25) is 0 Å². The third-order valence-corrected chi connectivity index (χ3v) is 7.18. The molecule has 7 heteroatoms. The maximum atomic E-state index is 12.6. The van der Waals surface area contributed by atoms with Crippen LogP contribution < -0.4 is 5.32 Å². The van der Waals surface area contributed by atoms with Crippen LogP contribution in [0.15, 0.2) is 53.1 Å². The molecule has 3 aromatic rings. The van der Waals surface area contributed by atoms with E-state index in [9.17, 15) is 4.79 Å². The summed E-state index contributed by atoms with van der Waals surface area (Å²) in [5.74, 6) is 3.29. The van der Waals surface area contributed by atoms with Gasteiger partial charge in [-0.05, 0) is 66.8 Å². The summed E-state index contributed by atoms with van der Waals surface area (Å²) in [6.07, 6.45) is 1.27. The zero-order valence-corrected chi connectivity index (χ0v) is 16.5. The second-order valence-electron chi connectivity index (χ2n) is 6.23. The smallest absolute Gasteiger partial charge is 0.257 e. The number of carbonyl (C=O) groups excluding carboxylic acids is 1. The van der Waals surface area contributed by atoms with Crippen LogP contribution in [0, 0.1) is 6.92 Å². The summed E-state index contributed by atoms with van der Waals surface area (Å²) >= 11 is 3.94. The Morgan fingerprint density at radius 1 is 1.15 bits per heavy atom. The van der Waals surface area contributed by atoms with Crippen LogP contribution in [0.1, 0.15) is 32.7 Å². The Balaban J connectivity index is 1.45. The number of benzene rings is 2. The van der Waals surface area contributed by atoms with Crippen LogP contribution in [0.2, 0.25) is 0 Å². The number of aryl methyl sites for hydroxylation is 1. The summed E-state index contributed by atoms with van der Waals surface area (Å²) in [5.41, 5.74) is 3.45. The monoisotopic (exact) mass is 397 g/mol. The van der Waals surface area contributed by atoms with Gasteiger partial charge in [0.1, 0.15) is 0 Å². The first kappa shape index (κ1) is 18.1. The van der Waals surface area contributed by atoms with Gasteiger partial charge in [0.15, 0.2) is 5.82 Å². The van der Waals surface area contributed by atoms with E-state index in [-0.39, 0.29) is 5.91 Å². The number of amides is 1. The molecule has 138 valence electrons. The molecule has 1 N–H and O–H groups in total. The standard InChI is InChI=1S/C20H19N3O2S2/c1-13-21-19(25-23-13)15-8-6-14(7-9-15)18(24)22-17-5-2-4-16(12-17)20-26-10-3-11-27-20/h2,4-9,12,20H,3,10-11H2,1H3,(H,22,24). The average Bonchev–Trinajstić information content (AvgIpc) is 3.15. The van der Waals surface area contributed by atoms with E-state index in [2.05, 4.69) is 27.6 Å². The highest BCUT2D eigenvalue weighted by molar-refractivity contribution is 8.16. The zero-order chi connectivity index (χ0) is 18.6. The number of rotatable bonds is 4. The molecule has 0 aliphatic carbocycles. The molecular weight excluding hydrogens is 378 g/mol. The molecular formula is C20H19N3O2S2. The summed E-state index contributed by atoms with van der Waals surface area (Å²) < 4.78 is 5.60. The number of anilines is 1. The number of thioether (sulfide) groups is 2. The summed E-state index contributed by atoms with van der Waals surface area (Å²) in [7, 11) is 0. The number of hydrogen-bond donors (Lipinski definition) is 1.